The number of benzene rings is 3. The highest BCUT2D eigenvalue weighted by Gasteiger charge is 2.16. The van der Waals surface area contributed by atoms with E-state index in [1.807, 2.05) is 67.6 Å². The lowest BCUT2D eigenvalue weighted by Crippen LogP contribution is -2.19. The first kappa shape index (κ1) is 19.9. The van der Waals surface area contributed by atoms with Gasteiger partial charge in [0.2, 0.25) is 0 Å². The minimum Gasteiger partial charge on any atom is -0.397 e. The summed E-state index contributed by atoms with van der Waals surface area (Å²) < 4.78 is 0. The van der Waals surface area contributed by atoms with Gasteiger partial charge in [-0.3, -0.25) is 10.4 Å². The Morgan fingerprint density at radius 2 is 1.71 bits per heavy atom. The van der Waals surface area contributed by atoms with Gasteiger partial charge in [-0.1, -0.05) is 42.5 Å². The number of fused-ring (bicyclic) bond motifs is 1. The molecular weight excluding hydrogens is 388 g/mol. The van der Waals surface area contributed by atoms with Crippen LogP contribution >= 0.6 is 0 Å². The number of nitrogens with zero attached hydrogens (tertiary/aromatic N) is 1. The molecule has 7 nitrogen and oxygen atoms in total. The summed E-state index contributed by atoms with van der Waals surface area (Å²) in [5.74, 6) is -0.126. The Morgan fingerprint density at radius 3 is 2.45 bits per heavy atom. The molecule has 7 heteroatoms. The Balaban J connectivity index is 1.74. The van der Waals surface area contributed by atoms with Gasteiger partial charge < -0.3 is 22.1 Å². The topological polar surface area (TPSA) is 130 Å². The highest BCUT2D eigenvalue weighted by molar-refractivity contribution is 6.13. The zero-order chi connectivity index (χ0) is 22.0. The highest BCUT2D eigenvalue weighted by atomic mass is 16.2. The third kappa shape index (κ3) is 4.02. The first-order chi connectivity index (χ1) is 14.9. The third-order valence-electron chi connectivity index (χ3n) is 4.98. The lowest BCUT2D eigenvalue weighted by atomic mass is 9.94. The number of rotatable bonds is 4. The Bertz CT molecular complexity index is 1310. The van der Waals surface area contributed by atoms with Gasteiger partial charge in [0.1, 0.15) is 5.84 Å². The smallest absolute Gasteiger partial charge is 0.323 e. The van der Waals surface area contributed by atoms with Crippen LogP contribution in [0.3, 0.4) is 0 Å². The number of nitrogens with two attached hydrogens (primary N) is 2. The van der Waals surface area contributed by atoms with Crippen LogP contribution in [0, 0.1) is 12.3 Å². The van der Waals surface area contributed by atoms with Crippen LogP contribution < -0.4 is 22.1 Å². The molecular formula is C24H22N6O. The average Bonchev–Trinajstić information content (AvgIpc) is 2.73. The Labute approximate surface area is 179 Å². The maximum atomic E-state index is 12.6. The third-order valence-corrected chi connectivity index (χ3v) is 4.98. The fourth-order valence-corrected chi connectivity index (χ4v) is 3.63. The molecule has 0 saturated carbocycles. The van der Waals surface area contributed by atoms with Crippen LogP contribution in [0.4, 0.5) is 21.9 Å². The molecule has 1 heterocycles. The molecule has 1 aromatic heterocycles. The number of hydrogen-bond acceptors (Lipinski definition) is 4. The lowest BCUT2D eigenvalue weighted by Gasteiger charge is -2.16. The summed E-state index contributed by atoms with van der Waals surface area (Å²) in [4.78, 5) is 16.8. The Hall–Kier alpha value is -4.39. The van der Waals surface area contributed by atoms with E-state index in [4.69, 9.17) is 16.9 Å². The van der Waals surface area contributed by atoms with Crippen molar-refractivity contribution in [3.63, 3.8) is 0 Å². The molecule has 0 aliphatic rings. The molecule has 0 radical (unpaired) electrons. The number of pyridine rings is 1. The van der Waals surface area contributed by atoms with Gasteiger partial charge in [0.15, 0.2) is 0 Å². The van der Waals surface area contributed by atoms with Crippen molar-refractivity contribution in [1.82, 2.24) is 4.98 Å². The van der Waals surface area contributed by atoms with Gasteiger partial charge >= 0.3 is 6.03 Å². The Kier molecular flexibility index (Phi) is 5.24. The van der Waals surface area contributed by atoms with E-state index < -0.39 is 0 Å². The molecule has 0 atom stereocenters. The number of hydrogen-bond donors (Lipinski definition) is 5. The summed E-state index contributed by atoms with van der Waals surface area (Å²) in [5.41, 5.74) is 16.5. The van der Waals surface area contributed by atoms with E-state index in [0.717, 1.165) is 27.6 Å². The fraction of sp³-hybridized carbons (Fsp3) is 0.0417. The number of aryl methyl sites for hydroxylation is 1. The maximum Gasteiger partial charge on any atom is 0.323 e. The molecule has 0 fully saturated rings. The van der Waals surface area contributed by atoms with E-state index in [1.165, 1.54) is 6.20 Å². The van der Waals surface area contributed by atoms with E-state index >= 15 is 0 Å². The number of urea groups is 1. The predicted octanol–water partition coefficient (Wildman–Crippen LogP) is 4.72. The van der Waals surface area contributed by atoms with Crippen molar-refractivity contribution in [3.05, 3.63) is 84.2 Å². The number of anilines is 3. The van der Waals surface area contributed by atoms with E-state index in [1.54, 1.807) is 6.20 Å². The van der Waals surface area contributed by atoms with Crippen LogP contribution in [0.2, 0.25) is 0 Å². The van der Waals surface area contributed by atoms with E-state index in [2.05, 4.69) is 15.6 Å². The number of aromatic nitrogens is 1. The van der Waals surface area contributed by atoms with Gasteiger partial charge in [-0.25, -0.2) is 4.79 Å². The van der Waals surface area contributed by atoms with Gasteiger partial charge in [0.25, 0.3) is 0 Å². The molecule has 31 heavy (non-hydrogen) atoms. The molecule has 0 unspecified atom stereocenters. The first-order valence-electron chi connectivity index (χ1n) is 9.68. The minimum absolute atomic E-state index is 0.126. The summed E-state index contributed by atoms with van der Waals surface area (Å²) >= 11 is 0. The van der Waals surface area contributed by atoms with Crippen LogP contribution in [0.1, 0.15) is 11.1 Å². The molecule has 0 aliphatic carbocycles. The molecule has 154 valence electrons. The van der Waals surface area contributed by atoms with Gasteiger partial charge in [-0.15, -0.1) is 0 Å². The van der Waals surface area contributed by atoms with Crippen molar-refractivity contribution in [1.29, 1.82) is 5.41 Å². The summed E-state index contributed by atoms with van der Waals surface area (Å²) in [6.07, 6.45) is 3.13. The predicted molar refractivity (Wildman–Crippen MR) is 126 cm³/mol. The van der Waals surface area contributed by atoms with Crippen molar-refractivity contribution in [2.24, 2.45) is 5.73 Å². The van der Waals surface area contributed by atoms with Gasteiger partial charge in [0, 0.05) is 28.4 Å². The second-order valence-electron chi connectivity index (χ2n) is 7.22. The largest absolute Gasteiger partial charge is 0.397 e. The zero-order valence-corrected chi connectivity index (χ0v) is 16.9. The van der Waals surface area contributed by atoms with Crippen molar-refractivity contribution < 1.29 is 4.79 Å². The average molecular weight is 410 g/mol. The molecule has 2 amide bonds. The van der Waals surface area contributed by atoms with E-state index in [0.29, 0.717) is 22.5 Å². The van der Waals surface area contributed by atoms with Gasteiger partial charge in [-0.2, -0.15) is 0 Å². The first-order valence-corrected chi connectivity index (χ1v) is 9.68. The second-order valence-corrected chi connectivity index (χ2v) is 7.22. The van der Waals surface area contributed by atoms with Gasteiger partial charge in [0.05, 0.1) is 17.6 Å². The number of amides is 2. The van der Waals surface area contributed by atoms with Crippen LogP contribution in [-0.2, 0) is 0 Å². The quantitative estimate of drug-likeness (QED) is 0.246. The Morgan fingerprint density at radius 1 is 0.935 bits per heavy atom. The number of amidine groups is 1. The molecule has 0 aliphatic heterocycles. The minimum atomic E-state index is -0.335. The SMILES string of the molecule is Cc1cccc(NC(=O)Nc2ccc(-c3cncc(N)c3C(=N)N)c3ccccc23)c1. The molecule has 3 aromatic carbocycles. The number of carbonyl (C=O) groups is 1. The second kappa shape index (κ2) is 8.16. The van der Waals surface area contributed by atoms with Crippen molar-refractivity contribution >= 4 is 39.7 Å². The fourth-order valence-electron chi connectivity index (χ4n) is 3.63. The van der Waals surface area contributed by atoms with Crippen LogP contribution in [-0.4, -0.2) is 16.9 Å². The van der Waals surface area contributed by atoms with Crippen molar-refractivity contribution in [3.8, 4) is 11.1 Å². The zero-order valence-electron chi connectivity index (χ0n) is 16.9. The summed E-state index contributed by atoms with van der Waals surface area (Å²) in [6.45, 7) is 1.97. The summed E-state index contributed by atoms with van der Waals surface area (Å²) in [5, 5.41) is 15.4. The van der Waals surface area contributed by atoms with Crippen LogP contribution in [0.5, 0.6) is 0 Å². The summed E-state index contributed by atoms with van der Waals surface area (Å²) in [7, 11) is 0. The number of nitrogens with one attached hydrogen (secondary N) is 3. The van der Waals surface area contributed by atoms with Gasteiger partial charge in [-0.05, 0) is 41.6 Å². The number of nitrogen functional groups attached to an aromatic ring is 2. The standard InChI is InChI=1S/C24H22N6O/c1-14-5-4-6-15(11-14)29-24(31)30-21-10-9-17(16-7-2-3-8-18(16)21)19-12-28-13-20(25)22(19)23(26)27/h2-13H,25H2,1H3,(H3,26,27)(H2,29,30,31). The molecule has 0 spiro atoms. The molecule has 4 rings (SSSR count). The molecule has 0 bridgehead atoms. The van der Waals surface area contributed by atoms with E-state index in [-0.39, 0.29) is 11.9 Å². The monoisotopic (exact) mass is 410 g/mol. The summed E-state index contributed by atoms with van der Waals surface area (Å²) in [6, 6.07) is 18.6. The van der Waals surface area contributed by atoms with Crippen molar-refractivity contribution in [2.75, 3.05) is 16.4 Å². The van der Waals surface area contributed by atoms with Crippen molar-refractivity contribution in [2.45, 2.75) is 6.92 Å². The lowest BCUT2D eigenvalue weighted by molar-refractivity contribution is 0.262. The molecule has 7 N–H and O–H groups in total. The van der Waals surface area contributed by atoms with E-state index in [9.17, 15) is 4.79 Å². The highest BCUT2D eigenvalue weighted by Crippen LogP contribution is 2.36. The molecule has 4 aromatic rings. The normalized spacial score (nSPS) is 10.6. The maximum absolute atomic E-state index is 12.6. The van der Waals surface area contributed by atoms with Crippen LogP contribution in [0.25, 0.3) is 21.9 Å². The number of carbonyl (C=O) groups excluding carboxylic acids is 1. The molecule has 0 saturated heterocycles. The van der Waals surface area contributed by atoms with Crippen LogP contribution in [0.15, 0.2) is 73.1 Å².